The average Bonchev–Trinajstić information content (AvgIpc) is 2.33. The molecule has 2 rings (SSSR count). The van der Waals surface area contributed by atoms with Gasteiger partial charge in [-0.3, -0.25) is 0 Å². The summed E-state index contributed by atoms with van der Waals surface area (Å²) >= 11 is 0. The molecule has 0 bridgehead atoms. The van der Waals surface area contributed by atoms with Gasteiger partial charge in [-0.05, 0) is 49.9 Å². The summed E-state index contributed by atoms with van der Waals surface area (Å²) in [5.74, 6) is 2.23. The van der Waals surface area contributed by atoms with E-state index in [1.165, 1.54) is 12.8 Å². The highest BCUT2D eigenvalue weighted by molar-refractivity contribution is 5.74. The molecule has 0 aromatic rings. The van der Waals surface area contributed by atoms with Crippen molar-refractivity contribution in [1.29, 1.82) is 0 Å². The number of carbonyl (C=O) groups excluding carboxylic acids is 1. The maximum absolute atomic E-state index is 12.2. The van der Waals surface area contributed by atoms with Gasteiger partial charge in [0.2, 0.25) is 0 Å². The second-order valence-corrected chi connectivity index (χ2v) is 6.62. The lowest BCUT2D eigenvalue weighted by Crippen LogP contribution is -2.50. The second kappa shape index (κ2) is 5.94. The Balaban J connectivity index is 1.80. The van der Waals surface area contributed by atoms with Gasteiger partial charge in [0, 0.05) is 19.1 Å². The van der Waals surface area contributed by atoms with Crippen LogP contribution in [0, 0.1) is 17.8 Å². The molecule has 3 atom stereocenters. The summed E-state index contributed by atoms with van der Waals surface area (Å²) in [7, 11) is 0. The van der Waals surface area contributed by atoms with Crippen molar-refractivity contribution in [1.82, 2.24) is 10.2 Å². The maximum atomic E-state index is 12.2. The van der Waals surface area contributed by atoms with Crippen molar-refractivity contribution in [3.05, 3.63) is 0 Å². The molecule has 1 saturated heterocycles. The van der Waals surface area contributed by atoms with Crippen molar-refractivity contribution in [2.24, 2.45) is 17.8 Å². The van der Waals surface area contributed by atoms with Gasteiger partial charge in [0.25, 0.3) is 0 Å². The summed E-state index contributed by atoms with van der Waals surface area (Å²) in [6.07, 6.45) is 5.97. The Labute approximate surface area is 111 Å². The monoisotopic (exact) mass is 252 g/mol. The molecular weight excluding hydrogens is 224 g/mol. The van der Waals surface area contributed by atoms with Crippen LogP contribution in [-0.2, 0) is 0 Å². The van der Waals surface area contributed by atoms with E-state index in [9.17, 15) is 4.79 Å². The highest BCUT2D eigenvalue weighted by atomic mass is 16.2. The SMILES string of the molecule is CC1CCN(C(=O)NC2CCC(C)CC2C)CC1. The normalized spacial score (nSPS) is 34.4. The van der Waals surface area contributed by atoms with E-state index in [0.717, 1.165) is 44.2 Å². The van der Waals surface area contributed by atoms with Gasteiger partial charge in [-0.1, -0.05) is 20.8 Å². The summed E-state index contributed by atoms with van der Waals surface area (Å²) < 4.78 is 0. The minimum absolute atomic E-state index is 0.174. The van der Waals surface area contributed by atoms with Gasteiger partial charge in [0.1, 0.15) is 0 Å². The third kappa shape index (κ3) is 3.39. The van der Waals surface area contributed by atoms with Crippen molar-refractivity contribution >= 4 is 6.03 Å². The molecule has 0 radical (unpaired) electrons. The molecule has 18 heavy (non-hydrogen) atoms. The van der Waals surface area contributed by atoms with Gasteiger partial charge < -0.3 is 10.2 Å². The number of piperidine rings is 1. The molecule has 0 spiro atoms. The molecular formula is C15H28N2O. The predicted molar refractivity (Wildman–Crippen MR) is 74.5 cm³/mol. The van der Waals surface area contributed by atoms with Crippen LogP contribution in [0.2, 0.25) is 0 Å². The molecule has 2 fully saturated rings. The number of rotatable bonds is 1. The van der Waals surface area contributed by atoms with Crippen LogP contribution in [0.4, 0.5) is 4.79 Å². The molecule has 3 nitrogen and oxygen atoms in total. The van der Waals surface area contributed by atoms with E-state index in [1.807, 2.05) is 4.90 Å². The molecule has 0 aromatic heterocycles. The van der Waals surface area contributed by atoms with Crippen LogP contribution in [0.5, 0.6) is 0 Å². The van der Waals surface area contributed by atoms with Crippen LogP contribution < -0.4 is 5.32 Å². The number of carbonyl (C=O) groups is 1. The minimum atomic E-state index is 0.174. The van der Waals surface area contributed by atoms with Crippen molar-refractivity contribution in [3.8, 4) is 0 Å². The average molecular weight is 252 g/mol. The van der Waals surface area contributed by atoms with Gasteiger partial charge in [0.15, 0.2) is 0 Å². The Morgan fingerprint density at radius 3 is 2.28 bits per heavy atom. The quantitative estimate of drug-likeness (QED) is 0.763. The number of hydrogen-bond donors (Lipinski definition) is 1. The van der Waals surface area contributed by atoms with Crippen LogP contribution in [0.3, 0.4) is 0 Å². The van der Waals surface area contributed by atoms with E-state index >= 15 is 0 Å². The maximum Gasteiger partial charge on any atom is 0.317 e. The van der Waals surface area contributed by atoms with Gasteiger partial charge in [-0.15, -0.1) is 0 Å². The molecule has 2 aliphatic rings. The first-order valence-electron chi connectivity index (χ1n) is 7.61. The highest BCUT2D eigenvalue weighted by Crippen LogP contribution is 2.28. The van der Waals surface area contributed by atoms with Gasteiger partial charge in [-0.2, -0.15) is 0 Å². The van der Waals surface area contributed by atoms with E-state index in [4.69, 9.17) is 0 Å². The minimum Gasteiger partial charge on any atom is -0.335 e. The standard InChI is InChI=1S/C15H28N2O/c1-11-6-8-17(9-7-11)15(18)16-14-5-4-12(2)10-13(14)3/h11-14H,4-10H2,1-3H3,(H,16,18). The number of hydrogen-bond acceptors (Lipinski definition) is 1. The van der Waals surface area contributed by atoms with E-state index in [0.29, 0.717) is 12.0 Å². The fraction of sp³-hybridized carbons (Fsp3) is 0.933. The van der Waals surface area contributed by atoms with Gasteiger partial charge in [-0.25, -0.2) is 4.79 Å². The van der Waals surface area contributed by atoms with E-state index in [2.05, 4.69) is 26.1 Å². The first kappa shape index (κ1) is 13.7. The van der Waals surface area contributed by atoms with Crippen molar-refractivity contribution in [2.45, 2.75) is 58.9 Å². The lowest BCUT2D eigenvalue weighted by molar-refractivity contribution is 0.157. The summed E-state index contributed by atoms with van der Waals surface area (Å²) in [4.78, 5) is 14.2. The zero-order valence-electron chi connectivity index (χ0n) is 12.1. The number of likely N-dealkylation sites (tertiary alicyclic amines) is 1. The second-order valence-electron chi connectivity index (χ2n) is 6.62. The summed E-state index contributed by atoms with van der Waals surface area (Å²) in [6.45, 7) is 8.74. The Kier molecular flexibility index (Phi) is 4.52. The van der Waals surface area contributed by atoms with Gasteiger partial charge >= 0.3 is 6.03 Å². The molecule has 2 amide bonds. The molecule has 104 valence electrons. The smallest absolute Gasteiger partial charge is 0.317 e. The van der Waals surface area contributed by atoms with E-state index < -0.39 is 0 Å². The van der Waals surface area contributed by atoms with Crippen LogP contribution in [0.15, 0.2) is 0 Å². The molecule has 1 aliphatic carbocycles. The fourth-order valence-corrected chi connectivity index (χ4v) is 3.34. The number of urea groups is 1. The fourth-order valence-electron chi connectivity index (χ4n) is 3.34. The molecule has 1 heterocycles. The first-order chi connectivity index (χ1) is 8.56. The van der Waals surface area contributed by atoms with Crippen LogP contribution in [0.1, 0.15) is 52.9 Å². The molecule has 0 aromatic carbocycles. The van der Waals surface area contributed by atoms with Crippen molar-refractivity contribution in [3.63, 3.8) is 0 Å². The van der Waals surface area contributed by atoms with Crippen molar-refractivity contribution < 1.29 is 4.79 Å². The number of nitrogens with zero attached hydrogens (tertiary/aromatic N) is 1. The van der Waals surface area contributed by atoms with Gasteiger partial charge in [0.05, 0.1) is 0 Å². The summed E-state index contributed by atoms with van der Waals surface area (Å²) in [5.41, 5.74) is 0. The number of amides is 2. The summed E-state index contributed by atoms with van der Waals surface area (Å²) in [6, 6.07) is 0.571. The first-order valence-corrected chi connectivity index (χ1v) is 7.61. The zero-order chi connectivity index (χ0) is 13.1. The lowest BCUT2D eigenvalue weighted by atomic mass is 9.80. The Bertz CT molecular complexity index is 284. The van der Waals surface area contributed by atoms with E-state index in [-0.39, 0.29) is 6.03 Å². The highest BCUT2D eigenvalue weighted by Gasteiger charge is 2.28. The molecule has 1 N–H and O–H groups in total. The predicted octanol–water partition coefficient (Wildman–Crippen LogP) is 3.25. The van der Waals surface area contributed by atoms with E-state index in [1.54, 1.807) is 0 Å². The van der Waals surface area contributed by atoms with Crippen LogP contribution in [-0.4, -0.2) is 30.1 Å². The largest absolute Gasteiger partial charge is 0.335 e. The number of nitrogens with one attached hydrogen (secondary N) is 1. The third-order valence-corrected chi connectivity index (χ3v) is 4.81. The lowest BCUT2D eigenvalue weighted by Gasteiger charge is -2.36. The topological polar surface area (TPSA) is 32.3 Å². The Hall–Kier alpha value is -0.730. The third-order valence-electron chi connectivity index (χ3n) is 4.81. The molecule has 1 saturated carbocycles. The van der Waals surface area contributed by atoms with Crippen LogP contribution in [0.25, 0.3) is 0 Å². The Morgan fingerprint density at radius 1 is 1.00 bits per heavy atom. The van der Waals surface area contributed by atoms with Crippen molar-refractivity contribution in [2.75, 3.05) is 13.1 Å². The molecule has 1 aliphatic heterocycles. The molecule has 3 heteroatoms. The Morgan fingerprint density at radius 2 is 1.67 bits per heavy atom. The van der Waals surface area contributed by atoms with Crippen LogP contribution >= 0.6 is 0 Å². The molecule has 3 unspecified atom stereocenters. The zero-order valence-corrected chi connectivity index (χ0v) is 12.1. The summed E-state index contributed by atoms with van der Waals surface area (Å²) in [5, 5.41) is 3.26.